The van der Waals surface area contributed by atoms with Crippen LogP contribution in [0.1, 0.15) is 20.3 Å². The highest BCUT2D eigenvalue weighted by Crippen LogP contribution is 2.05. The molecule has 0 bridgehead atoms. The van der Waals surface area contributed by atoms with Gasteiger partial charge in [-0.1, -0.05) is 0 Å². The van der Waals surface area contributed by atoms with Crippen LogP contribution in [-0.4, -0.2) is 27.4 Å². The van der Waals surface area contributed by atoms with Crippen molar-refractivity contribution in [3.63, 3.8) is 0 Å². The molecule has 0 radical (unpaired) electrons. The normalized spacial score (nSPS) is 15.0. The number of rotatable bonds is 4. The van der Waals surface area contributed by atoms with Crippen LogP contribution in [0.15, 0.2) is 18.3 Å². The number of nitrogens with one attached hydrogen (secondary N) is 1. The molecule has 72 valence electrons. The van der Waals surface area contributed by atoms with Crippen LogP contribution in [0, 0.1) is 0 Å². The van der Waals surface area contributed by atoms with Gasteiger partial charge in [0.2, 0.25) is 0 Å². The Bertz CT molecular complexity index is 238. The zero-order valence-corrected chi connectivity index (χ0v) is 7.94. The standard InChI is InChI=1S/C9H15N3O/c1-7(6-8(2)13)11-9-4-3-5-10-12-9/h3-5,7-8,13H,6H2,1-2H3,(H,11,12). The molecule has 0 aliphatic carbocycles. The summed E-state index contributed by atoms with van der Waals surface area (Å²) < 4.78 is 0. The summed E-state index contributed by atoms with van der Waals surface area (Å²) in [5, 5.41) is 19.9. The van der Waals surface area contributed by atoms with Gasteiger partial charge in [0, 0.05) is 12.2 Å². The fourth-order valence-electron chi connectivity index (χ4n) is 1.20. The molecule has 0 aliphatic heterocycles. The number of nitrogens with zero attached hydrogens (tertiary/aromatic N) is 2. The molecule has 0 fully saturated rings. The number of hydrogen-bond acceptors (Lipinski definition) is 4. The second-order valence-corrected chi connectivity index (χ2v) is 3.24. The lowest BCUT2D eigenvalue weighted by Crippen LogP contribution is -2.21. The quantitative estimate of drug-likeness (QED) is 0.729. The molecule has 2 unspecified atom stereocenters. The van der Waals surface area contributed by atoms with Gasteiger partial charge in [-0.25, -0.2) is 0 Å². The van der Waals surface area contributed by atoms with Crippen LogP contribution in [0.25, 0.3) is 0 Å². The van der Waals surface area contributed by atoms with E-state index in [4.69, 9.17) is 5.11 Å². The number of aliphatic hydroxyl groups excluding tert-OH is 1. The Labute approximate surface area is 78.0 Å². The first-order chi connectivity index (χ1) is 6.18. The molecule has 1 aromatic heterocycles. The van der Waals surface area contributed by atoms with Gasteiger partial charge in [-0.2, -0.15) is 5.10 Å². The predicted octanol–water partition coefficient (Wildman–Crippen LogP) is 1.05. The van der Waals surface area contributed by atoms with Crippen LogP contribution in [0.2, 0.25) is 0 Å². The largest absolute Gasteiger partial charge is 0.393 e. The zero-order chi connectivity index (χ0) is 9.68. The molecule has 2 atom stereocenters. The van der Waals surface area contributed by atoms with E-state index >= 15 is 0 Å². The summed E-state index contributed by atoms with van der Waals surface area (Å²) in [6.07, 6.45) is 2.04. The first-order valence-electron chi connectivity index (χ1n) is 4.41. The minimum absolute atomic E-state index is 0.205. The fraction of sp³-hybridized carbons (Fsp3) is 0.556. The van der Waals surface area contributed by atoms with Crippen molar-refractivity contribution in [2.75, 3.05) is 5.32 Å². The maximum Gasteiger partial charge on any atom is 0.148 e. The molecular formula is C9H15N3O. The minimum atomic E-state index is -0.292. The van der Waals surface area contributed by atoms with E-state index in [2.05, 4.69) is 15.5 Å². The maximum atomic E-state index is 9.12. The van der Waals surface area contributed by atoms with Crippen molar-refractivity contribution in [1.82, 2.24) is 10.2 Å². The Hall–Kier alpha value is -1.16. The van der Waals surface area contributed by atoms with E-state index in [1.807, 2.05) is 19.1 Å². The molecule has 13 heavy (non-hydrogen) atoms. The van der Waals surface area contributed by atoms with E-state index in [-0.39, 0.29) is 12.1 Å². The molecule has 1 heterocycles. The van der Waals surface area contributed by atoms with E-state index in [1.165, 1.54) is 0 Å². The van der Waals surface area contributed by atoms with Crippen LogP contribution < -0.4 is 5.32 Å². The lowest BCUT2D eigenvalue weighted by atomic mass is 10.1. The molecule has 1 rings (SSSR count). The van der Waals surface area contributed by atoms with E-state index in [9.17, 15) is 0 Å². The van der Waals surface area contributed by atoms with Crippen molar-refractivity contribution in [2.24, 2.45) is 0 Å². The number of aliphatic hydroxyl groups is 1. The van der Waals surface area contributed by atoms with Crippen molar-refractivity contribution in [3.05, 3.63) is 18.3 Å². The highest BCUT2D eigenvalue weighted by atomic mass is 16.3. The molecule has 2 N–H and O–H groups in total. The van der Waals surface area contributed by atoms with Gasteiger partial charge in [-0.3, -0.25) is 0 Å². The first kappa shape index (κ1) is 9.92. The average molecular weight is 181 g/mol. The summed E-state index contributed by atoms with van der Waals surface area (Å²) in [6.45, 7) is 3.77. The topological polar surface area (TPSA) is 58.0 Å². The Morgan fingerprint density at radius 3 is 2.85 bits per heavy atom. The summed E-state index contributed by atoms with van der Waals surface area (Å²) in [7, 11) is 0. The van der Waals surface area contributed by atoms with Gasteiger partial charge in [-0.15, -0.1) is 5.10 Å². The lowest BCUT2D eigenvalue weighted by Gasteiger charge is -2.14. The molecule has 0 amide bonds. The summed E-state index contributed by atoms with van der Waals surface area (Å²) >= 11 is 0. The second-order valence-electron chi connectivity index (χ2n) is 3.24. The highest BCUT2D eigenvalue weighted by Gasteiger charge is 2.05. The highest BCUT2D eigenvalue weighted by molar-refractivity contribution is 5.32. The summed E-state index contributed by atoms with van der Waals surface area (Å²) in [5.41, 5.74) is 0. The smallest absolute Gasteiger partial charge is 0.148 e. The van der Waals surface area contributed by atoms with Crippen LogP contribution in [0.5, 0.6) is 0 Å². The minimum Gasteiger partial charge on any atom is -0.393 e. The third-order valence-corrected chi connectivity index (χ3v) is 1.66. The molecule has 4 nitrogen and oxygen atoms in total. The summed E-state index contributed by atoms with van der Waals surface area (Å²) in [5.74, 6) is 0.746. The third kappa shape index (κ3) is 3.85. The van der Waals surface area contributed by atoms with Crippen LogP contribution in [0.4, 0.5) is 5.82 Å². The maximum absolute atomic E-state index is 9.12. The summed E-state index contributed by atoms with van der Waals surface area (Å²) in [4.78, 5) is 0. The van der Waals surface area contributed by atoms with Gasteiger partial charge in [-0.05, 0) is 32.4 Å². The van der Waals surface area contributed by atoms with E-state index < -0.39 is 0 Å². The van der Waals surface area contributed by atoms with Crippen molar-refractivity contribution in [3.8, 4) is 0 Å². The zero-order valence-electron chi connectivity index (χ0n) is 7.94. The van der Waals surface area contributed by atoms with Crippen LogP contribution >= 0.6 is 0 Å². The molecule has 4 heteroatoms. The monoisotopic (exact) mass is 181 g/mol. The Kier molecular flexibility index (Phi) is 3.64. The first-order valence-corrected chi connectivity index (χ1v) is 4.41. The molecular weight excluding hydrogens is 166 g/mol. The molecule has 0 saturated heterocycles. The van der Waals surface area contributed by atoms with E-state index in [0.717, 1.165) is 5.82 Å². The van der Waals surface area contributed by atoms with Gasteiger partial charge in [0.1, 0.15) is 5.82 Å². The SMILES string of the molecule is CC(O)CC(C)Nc1cccnn1. The Morgan fingerprint density at radius 2 is 2.31 bits per heavy atom. The van der Waals surface area contributed by atoms with Crippen molar-refractivity contribution in [1.29, 1.82) is 0 Å². The average Bonchev–Trinajstić information content (AvgIpc) is 2.04. The van der Waals surface area contributed by atoms with Crippen molar-refractivity contribution in [2.45, 2.75) is 32.4 Å². The Morgan fingerprint density at radius 1 is 1.54 bits per heavy atom. The van der Waals surface area contributed by atoms with Gasteiger partial charge < -0.3 is 10.4 Å². The van der Waals surface area contributed by atoms with E-state index in [1.54, 1.807) is 13.1 Å². The van der Waals surface area contributed by atoms with Crippen molar-refractivity contribution < 1.29 is 5.11 Å². The molecule has 0 aromatic carbocycles. The van der Waals surface area contributed by atoms with Gasteiger partial charge >= 0.3 is 0 Å². The predicted molar refractivity (Wildman–Crippen MR) is 51.4 cm³/mol. The molecule has 0 aliphatic rings. The lowest BCUT2D eigenvalue weighted by molar-refractivity contribution is 0.179. The fourth-order valence-corrected chi connectivity index (χ4v) is 1.20. The Balaban J connectivity index is 2.41. The second kappa shape index (κ2) is 4.77. The van der Waals surface area contributed by atoms with Gasteiger partial charge in [0.05, 0.1) is 6.10 Å². The molecule has 0 saturated carbocycles. The summed E-state index contributed by atoms with van der Waals surface area (Å²) in [6, 6.07) is 3.88. The molecule has 1 aromatic rings. The van der Waals surface area contributed by atoms with Crippen LogP contribution in [-0.2, 0) is 0 Å². The van der Waals surface area contributed by atoms with Gasteiger partial charge in [0.15, 0.2) is 0 Å². The number of aromatic nitrogens is 2. The van der Waals surface area contributed by atoms with Gasteiger partial charge in [0.25, 0.3) is 0 Å². The number of anilines is 1. The molecule has 0 spiro atoms. The van der Waals surface area contributed by atoms with Crippen molar-refractivity contribution >= 4 is 5.82 Å². The van der Waals surface area contributed by atoms with E-state index in [0.29, 0.717) is 6.42 Å². The van der Waals surface area contributed by atoms with Crippen LogP contribution in [0.3, 0.4) is 0 Å². The third-order valence-electron chi connectivity index (χ3n) is 1.66. The number of hydrogen-bond donors (Lipinski definition) is 2.